The first kappa shape index (κ1) is 18.0. The molecule has 0 saturated heterocycles. The van der Waals surface area contributed by atoms with Crippen LogP contribution < -0.4 is 14.8 Å². The number of ether oxygens (including phenoxy) is 2. The Bertz CT molecular complexity index is 871. The highest BCUT2D eigenvalue weighted by molar-refractivity contribution is 7.12. The van der Waals surface area contributed by atoms with Crippen molar-refractivity contribution in [2.24, 2.45) is 0 Å². The van der Waals surface area contributed by atoms with E-state index in [2.05, 4.69) is 5.32 Å². The minimum absolute atomic E-state index is 0.111. The SMILES string of the molecule is CCOc1ccccc1OCc1csc(C(=O)Nc2ccc(C)cc2)c1. The van der Waals surface area contributed by atoms with Crippen LogP contribution in [-0.2, 0) is 6.61 Å². The van der Waals surface area contributed by atoms with Crippen LogP contribution in [-0.4, -0.2) is 12.5 Å². The number of aryl methyl sites for hydroxylation is 1. The van der Waals surface area contributed by atoms with Crippen LogP contribution in [0.3, 0.4) is 0 Å². The maximum absolute atomic E-state index is 12.4. The number of carbonyl (C=O) groups is 1. The summed E-state index contributed by atoms with van der Waals surface area (Å²) in [6.07, 6.45) is 0. The van der Waals surface area contributed by atoms with Gasteiger partial charge in [0, 0.05) is 11.3 Å². The number of anilines is 1. The van der Waals surface area contributed by atoms with E-state index in [-0.39, 0.29) is 5.91 Å². The maximum atomic E-state index is 12.4. The van der Waals surface area contributed by atoms with Gasteiger partial charge in [-0.25, -0.2) is 0 Å². The van der Waals surface area contributed by atoms with Crippen LogP contribution in [0, 0.1) is 6.92 Å². The van der Waals surface area contributed by atoms with Crippen molar-refractivity contribution in [3.8, 4) is 11.5 Å². The zero-order chi connectivity index (χ0) is 18.4. The Morgan fingerprint density at radius 1 is 1.04 bits per heavy atom. The zero-order valence-electron chi connectivity index (χ0n) is 14.8. The number of hydrogen-bond acceptors (Lipinski definition) is 4. The molecule has 4 nitrogen and oxygen atoms in total. The fourth-order valence-electron chi connectivity index (χ4n) is 2.41. The fourth-order valence-corrected chi connectivity index (χ4v) is 3.20. The Kier molecular flexibility index (Phi) is 5.92. The topological polar surface area (TPSA) is 47.6 Å². The second-order valence-electron chi connectivity index (χ2n) is 5.81. The van der Waals surface area contributed by atoms with Crippen molar-refractivity contribution in [2.45, 2.75) is 20.5 Å². The minimum Gasteiger partial charge on any atom is -0.490 e. The molecule has 134 valence electrons. The van der Waals surface area contributed by atoms with Gasteiger partial charge >= 0.3 is 0 Å². The third kappa shape index (κ3) is 4.64. The molecule has 0 unspecified atom stereocenters. The van der Waals surface area contributed by atoms with Crippen LogP contribution >= 0.6 is 11.3 Å². The molecule has 3 aromatic rings. The normalized spacial score (nSPS) is 10.4. The molecule has 3 rings (SSSR count). The van der Waals surface area contributed by atoms with Gasteiger partial charge < -0.3 is 14.8 Å². The molecular formula is C21H21NO3S. The van der Waals surface area contributed by atoms with E-state index in [9.17, 15) is 4.79 Å². The average Bonchev–Trinajstić information content (AvgIpc) is 3.12. The lowest BCUT2D eigenvalue weighted by Gasteiger charge is -2.10. The summed E-state index contributed by atoms with van der Waals surface area (Å²) < 4.78 is 11.4. The lowest BCUT2D eigenvalue weighted by Crippen LogP contribution is -2.10. The van der Waals surface area contributed by atoms with E-state index >= 15 is 0 Å². The van der Waals surface area contributed by atoms with Gasteiger partial charge in [0.2, 0.25) is 0 Å². The second-order valence-corrected chi connectivity index (χ2v) is 6.72. The Morgan fingerprint density at radius 3 is 2.42 bits per heavy atom. The van der Waals surface area contributed by atoms with Crippen molar-refractivity contribution in [2.75, 3.05) is 11.9 Å². The predicted molar refractivity (Wildman–Crippen MR) is 105 cm³/mol. The minimum atomic E-state index is -0.111. The van der Waals surface area contributed by atoms with E-state index in [4.69, 9.17) is 9.47 Å². The number of nitrogens with one attached hydrogen (secondary N) is 1. The fraction of sp³-hybridized carbons (Fsp3) is 0.190. The molecule has 0 bridgehead atoms. The number of hydrogen-bond donors (Lipinski definition) is 1. The van der Waals surface area contributed by atoms with E-state index in [1.54, 1.807) is 0 Å². The van der Waals surface area contributed by atoms with Gasteiger partial charge in [-0.3, -0.25) is 4.79 Å². The van der Waals surface area contributed by atoms with Gasteiger partial charge in [0.25, 0.3) is 5.91 Å². The predicted octanol–water partition coefficient (Wildman–Crippen LogP) is 5.29. The lowest BCUT2D eigenvalue weighted by molar-refractivity contribution is 0.103. The molecule has 0 aliphatic carbocycles. The average molecular weight is 367 g/mol. The molecule has 0 aliphatic rings. The number of benzene rings is 2. The molecule has 1 aromatic heterocycles. The first-order valence-corrected chi connectivity index (χ1v) is 9.33. The van der Waals surface area contributed by atoms with Crippen molar-refractivity contribution >= 4 is 22.9 Å². The van der Waals surface area contributed by atoms with Gasteiger partial charge in [0.1, 0.15) is 6.61 Å². The molecule has 0 spiro atoms. The van der Waals surface area contributed by atoms with E-state index in [1.165, 1.54) is 11.3 Å². The van der Waals surface area contributed by atoms with Crippen molar-refractivity contribution in [3.05, 3.63) is 76.0 Å². The molecular weight excluding hydrogens is 346 g/mol. The Hall–Kier alpha value is -2.79. The van der Waals surface area contributed by atoms with Gasteiger partial charge in [0.15, 0.2) is 11.5 Å². The molecule has 0 fully saturated rings. The van der Waals surface area contributed by atoms with Crippen LogP contribution in [0.5, 0.6) is 11.5 Å². The van der Waals surface area contributed by atoms with Gasteiger partial charge in [0.05, 0.1) is 11.5 Å². The summed E-state index contributed by atoms with van der Waals surface area (Å²) in [7, 11) is 0. The zero-order valence-corrected chi connectivity index (χ0v) is 15.6. The standard InChI is InChI=1S/C21H21NO3S/c1-3-24-18-6-4-5-7-19(18)25-13-16-12-20(26-14-16)21(23)22-17-10-8-15(2)9-11-17/h4-12,14H,3,13H2,1-2H3,(H,22,23). The van der Waals surface area contributed by atoms with Gasteiger partial charge in [-0.05, 0) is 49.6 Å². The molecule has 0 saturated carbocycles. The molecule has 0 atom stereocenters. The second kappa shape index (κ2) is 8.54. The highest BCUT2D eigenvalue weighted by atomic mass is 32.1. The number of amides is 1. The number of para-hydroxylation sites is 2. The Labute approximate surface area is 157 Å². The highest BCUT2D eigenvalue weighted by Gasteiger charge is 2.11. The molecule has 1 heterocycles. The van der Waals surface area contributed by atoms with Crippen LogP contribution in [0.15, 0.2) is 60.0 Å². The summed E-state index contributed by atoms with van der Waals surface area (Å²) in [6, 6.07) is 17.2. The third-order valence-electron chi connectivity index (χ3n) is 3.73. The first-order valence-electron chi connectivity index (χ1n) is 8.45. The van der Waals surface area contributed by atoms with Crippen LogP contribution in [0.2, 0.25) is 0 Å². The van der Waals surface area contributed by atoms with Crippen LogP contribution in [0.25, 0.3) is 0 Å². The third-order valence-corrected chi connectivity index (χ3v) is 4.71. The summed E-state index contributed by atoms with van der Waals surface area (Å²) in [5.41, 5.74) is 2.90. The monoisotopic (exact) mass is 367 g/mol. The van der Waals surface area contributed by atoms with E-state index in [0.29, 0.717) is 23.8 Å². The quantitative estimate of drug-likeness (QED) is 0.617. The van der Waals surface area contributed by atoms with E-state index in [1.807, 2.05) is 73.8 Å². The molecule has 5 heteroatoms. The molecule has 0 radical (unpaired) electrons. The molecule has 1 N–H and O–H groups in total. The molecule has 26 heavy (non-hydrogen) atoms. The Morgan fingerprint density at radius 2 is 1.73 bits per heavy atom. The largest absolute Gasteiger partial charge is 0.490 e. The smallest absolute Gasteiger partial charge is 0.265 e. The van der Waals surface area contributed by atoms with Crippen molar-refractivity contribution in [1.82, 2.24) is 0 Å². The number of rotatable bonds is 7. The summed E-state index contributed by atoms with van der Waals surface area (Å²) in [6.45, 7) is 4.93. The van der Waals surface area contributed by atoms with Crippen LogP contribution in [0.4, 0.5) is 5.69 Å². The number of thiophene rings is 1. The van der Waals surface area contributed by atoms with Gasteiger partial charge in [-0.2, -0.15) is 0 Å². The maximum Gasteiger partial charge on any atom is 0.265 e. The van der Waals surface area contributed by atoms with Gasteiger partial charge in [-0.15, -0.1) is 11.3 Å². The summed E-state index contributed by atoms with van der Waals surface area (Å²) >= 11 is 1.41. The summed E-state index contributed by atoms with van der Waals surface area (Å²) in [5.74, 6) is 1.31. The summed E-state index contributed by atoms with van der Waals surface area (Å²) in [5, 5.41) is 4.85. The van der Waals surface area contributed by atoms with Crippen molar-refractivity contribution in [3.63, 3.8) is 0 Å². The van der Waals surface area contributed by atoms with E-state index < -0.39 is 0 Å². The molecule has 2 aromatic carbocycles. The Balaban J connectivity index is 1.61. The molecule has 0 aliphatic heterocycles. The van der Waals surface area contributed by atoms with E-state index in [0.717, 1.165) is 22.6 Å². The summed E-state index contributed by atoms with van der Waals surface area (Å²) in [4.78, 5) is 13.0. The van der Waals surface area contributed by atoms with Crippen molar-refractivity contribution in [1.29, 1.82) is 0 Å². The van der Waals surface area contributed by atoms with Crippen molar-refractivity contribution < 1.29 is 14.3 Å². The highest BCUT2D eigenvalue weighted by Crippen LogP contribution is 2.28. The lowest BCUT2D eigenvalue weighted by atomic mass is 10.2. The van der Waals surface area contributed by atoms with Gasteiger partial charge in [-0.1, -0.05) is 29.8 Å². The molecule has 1 amide bonds. The van der Waals surface area contributed by atoms with Crippen LogP contribution in [0.1, 0.15) is 27.7 Å². The number of carbonyl (C=O) groups excluding carboxylic acids is 1. The first-order chi connectivity index (χ1) is 12.7.